The van der Waals surface area contributed by atoms with E-state index in [-0.39, 0.29) is 5.82 Å². The summed E-state index contributed by atoms with van der Waals surface area (Å²) in [6, 6.07) is 6.28. The molecule has 3 heteroatoms. The van der Waals surface area contributed by atoms with Crippen LogP contribution in [-0.4, -0.2) is 12.6 Å². The van der Waals surface area contributed by atoms with E-state index in [4.69, 9.17) is 0 Å². The zero-order valence-corrected chi connectivity index (χ0v) is 13.5. The van der Waals surface area contributed by atoms with Crippen LogP contribution in [0.15, 0.2) is 22.7 Å². The molecule has 0 radical (unpaired) electrons. The number of rotatable bonds is 5. The Kier molecular flexibility index (Phi) is 4.77. The molecule has 2 unspecified atom stereocenters. The van der Waals surface area contributed by atoms with E-state index in [1.54, 1.807) is 6.07 Å². The molecular weight excluding hydrogens is 317 g/mol. The quantitative estimate of drug-likeness (QED) is 0.820. The summed E-state index contributed by atoms with van der Waals surface area (Å²) in [7, 11) is 0. The topological polar surface area (TPSA) is 12.0 Å². The van der Waals surface area contributed by atoms with E-state index in [1.165, 1.54) is 50.6 Å². The molecule has 0 aliphatic heterocycles. The first-order valence-corrected chi connectivity index (χ1v) is 8.69. The lowest BCUT2D eigenvalue weighted by molar-refractivity contribution is 0.228. The lowest BCUT2D eigenvalue weighted by Gasteiger charge is -2.32. The van der Waals surface area contributed by atoms with Crippen molar-refractivity contribution >= 4 is 15.9 Å². The van der Waals surface area contributed by atoms with Crippen molar-refractivity contribution in [1.82, 2.24) is 5.32 Å². The first-order chi connectivity index (χ1) is 9.72. The van der Waals surface area contributed by atoms with Gasteiger partial charge in [0.1, 0.15) is 5.82 Å². The van der Waals surface area contributed by atoms with Crippen LogP contribution in [0.2, 0.25) is 0 Å². The summed E-state index contributed by atoms with van der Waals surface area (Å²) in [6.45, 7) is 1.18. The Morgan fingerprint density at radius 1 is 1.10 bits per heavy atom. The third-order valence-electron chi connectivity index (χ3n) is 4.79. The Morgan fingerprint density at radius 2 is 1.85 bits per heavy atom. The molecule has 20 heavy (non-hydrogen) atoms. The molecule has 1 aromatic rings. The summed E-state index contributed by atoms with van der Waals surface area (Å²) in [4.78, 5) is 0. The monoisotopic (exact) mass is 339 g/mol. The lowest BCUT2D eigenvalue weighted by Crippen LogP contribution is -2.32. The summed E-state index contributed by atoms with van der Waals surface area (Å²) < 4.78 is 13.9. The van der Waals surface area contributed by atoms with Gasteiger partial charge in [0.15, 0.2) is 0 Å². The van der Waals surface area contributed by atoms with Crippen molar-refractivity contribution in [1.29, 1.82) is 0 Å². The van der Waals surface area contributed by atoms with Gasteiger partial charge in [0.05, 0.1) is 4.47 Å². The van der Waals surface area contributed by atoms with Gasteiger partial charge in [0, 0.05) is 6.04 Å². The van der Waals surface area contributed by atoms with Gasteiger partial charge in [0.2, 0.25) is 0 Å². The molecular formula is C17H23BrFN. The van der Waals surface area contributed by atoms with Gasteiger partial charge >= 0.3 is 0 Å². The highest BCUT2D eigenvalue weighted by Gasteiger charge is 2.28. The second-order valence-corrected chi connectivity index (χ2v) is 7.29. The standard InChI is InChI=1S/C17H23BrFN/c18-16-10-12(5-8-17(16)19)9-13-3-1-2-4-14(13)11-20-15-6-7-15/h5,8,10,13-15,20H,1-4,6-7,9,11H2. The van der Waals surface area contributed by atoms with E-state index in [1.807, 2.05) is 12.1 Å². The number of hydrogen-bond acceptors (Lipinski definition) is 1. The molecule has 110 valence electrons. The molecule has 0 bridgehead atoms. The third-order valence-corrected chi connectivity index (χ3v) is 5.40. The van der Waals surface area contributed by atoms with Crippen LogP contribution in [0.1, 0.15) is 44.1 Å². The minimum atomic E-state index is -0.163. The Balaban J connectivity index is 1.61. The van der Waals surface area contributed by atoms with Crippen molar-refractivity contribution in [2.24, 2.45) is 11.8 Å². The fourth-order valence-corrected chi connectivity index (χ4v) is 3.82. The summed E-state index contributed by atoms with van der Waals surface area (Å²) in [5, 5.41) is 3.69. The van der Waals surface area contributed by atoms with Crippen molar-refractivity contribution in [3.63, 3.8) is 0 Å². The number of nitrogens with one attached hydrogen (secondary N) is 1. The van der Waals surface area contributed by atoms with Gasteiger partial charge in [0.25, 0.3) is 0 Å². The van der Waals surface area contributed by atoms with Crippen LogP contribution in [0.4, 0.5) is 4.39 Å². The third kappa shape index (κ3) is 3.82. The molecule has 0 amide bonds. The van der Waals surface area contributed by atoms with Crippen molar-refractivity contribution in [2.45, 2.75) is 51.0 Å². The fourth-order valence-electron chi connectivity index (χ4n) is 3.40. The molecule has 2 atom stereocenters. The minimum absolute atomic E-state index is 0.163. The smallest absolute Gasteiger partial charge is 0.137 e. The van der Waals surface area contributed by atoms with Gasteiger partial charge in [-0.1, -0.05) is 18.9 Å². The molecule has 1 aromatic carbocycles. The highest BCUT2D eigenvalue weighted by molar-refractivity contribution is 9.10. The Bertz CT molecular complexity index is 458. The molecule has 2 saturated carbocycles. The molecule has 2 aliphatic carbocycles. The maximum Gasteiger partial charge on any atom is 0.137 e. The van der Waals surface area contributed by atoms with Gasteiger partial charge < -0.3 is 5.32 Å². The van der Waals surface area contributed by atoms with E-state index < -0.39 is 0 Å². The van der Waals surface area contributed by atoms with Crippen molar-refractivity contribution in [3.8, 4) is 0 Å². The number of benzene rings is 1. The molecule has 1 nitrogen and oxygen atoms in total. The predicted molar refractivity (Wildman–Crippen MR) is 84.3 cm³/mol. The van der Waals surface area contributed by atoms with Crippen molar-refractivity contribution < 1.29 is 4.39 Å². The fraction of sp³-hybridized carbons (Fsp3) is 0.647. The summed E-state index contributed by atoms with van der Waals surface area (Å²) in [5.41, 5.74) is 1.27. The second-order valence-electron chi connectivity index (χ2n) is 6.44. The van der Waals surface area contributed by atoms with Crippen LogP contribution in [0, 0.1) is 17.7 Å². The maximum atomic E-state index is 13.3. The largest absolute Gasteiger partial charge is 0.314 e. The van der Waals surface area contributed by atoms with E-state index in [0.717, 1.165) is 24.3 Å². The zero-order chi connectivity index (χ0) is 13.9. The molecule has 0 heterocycles. The molecule has 2 fully saturated rings. The summed E-state index contributed by atoms with van der Waals surface area (Å²) >= 11 is 3.30. The first kappa shape index (κ1) is 14.5. The van der Waals surface area contributed by atoms with E-state index in [9.17, 15) is 4.39 Å². The highest BCUT2D eigenvalue weighted by atomic mass is 79.9. The molecule has 1 N–H and O–H groups in total. The predicted octanol–water partition coefficient (Wildman–Crippen LogP) is 4.69. The van der Waals surface area contributed by atoms with Crippen LogP contribution in [0.25, 0.3) is 0 Å². The lowest BCUT2D eigenvalue weighted by atomic mass is 9.76. The van der Waals surface area contributed by atoms with Crippen LogP contribution in [-0.2, 0) is 6.42 Å². The first-order valence-electron chi connectivity index (χ1n) is 7.89. The normalized spacial score (nSPS) is 26.7. The van der Waals surface area contributed by atoms with Gasteiger partial charge in [-0.2, -0.15) is 0 Å². The van der Waals surface area contributed by atoms with Crippen LogP contribution >= 0.6 is 15.9 Å². The molecule has 0 saturated heterocycles. The zero-order valence-electron chi connectivity index (χ0n) is 11.9. The van der Waals surface area contributed by atoms with Gasteiger partial charge in [-0.25, -0.2) is 4.39 Å². The SMILES string of the molecule is Fc1ccc(CC2CCCCC2CNC2CC2)cc1Br. The summed E-state index contributed by atoms with van der Waals surface area (Å²) in [6.07, 6.45) is 9.23. The average Bonchev–Trinajstić information content (AvgIpc) is 3.26. The highest BCUT2D eigenvalue weighted by Crippen LogP contribution is 2.33. The van der Waals surface area contributed by atoms with Gasteiger partial charge in [-0.15, -0.1) is 0 Å². The average molecular weight is 340 g/mol. The van der Waals surface area contributed by atoms with Gasteiger partial charge in [-0.05, 0) is 84.1 Å². The Morgan fingerprint density at radius 3 is 2.55 bits per heavy atom. The van der Waals surface area contributed by atoms with E-state index in [2.05, 4.69) is 21.2 Å². The Hall–Kier alpha value is -0.410. The van der Waals surface area contributed by atoms with Crippen LogP contribution < -0.4 is 5.32 Å². The van der Waals surface area contributed by atoms with Crippen molar-refractivity contribution in [2.75, 3.05) is 6.54 Å². The van der Waals surface area contributed by atoms with E-state index in [0.29, 0.717) is 4.47 Å². The molecule has 0 aromatic heterocycles. The minimum Gasteiger partial charge on any atom is -0.314 e. The van der Waals surface area contributed by atoms with Crippen LogP contribution in [0.3, 0.4) is 0 Å². The Labute approximate surface area is 129 Å². The van der Waals surface area contributed by atoms with Crippen LogP contribution in [0.5, 0.6) is 0 Å². The number of hydrogen-bond donors (Lipinski definition) is 1. The van der Waals surface area contributed by atoms with Crippen molar-refractivity contribution in [3.05, 3.63) is 34.1 Å². The maximum absolute atomic E-state index is 13.3. The molecule has 2 aliphatic rings. The van der Waals surface area contributed by atoms with Gasteiger partial charge in [-0.3, -0.25) is 0 Å². The molecule has 3 rings (SSSR count). The number of halogens is 2. The van der Waals surface area contributed by atoms with E-state index >= 15 is 0 Å². The summed E-state index contributed by atoms with van der Waals surface area (Å²) in [5.74, 6) is 1.39. The molecule has 0 spiro atoms. The second kappa shape index (κ2) is 6.57.